The van der Waals surface area contributed by atoms with E-state index in [4.69, 9.17) is 10.7 Å². The van der Waals surface area contributed by atoms with Crippen molar-refractivity contribution >= 4 is 5.84 Å². The van der Waals surface area contributed by atoms with Gasteiger partial charge in [-0.15, -0.1) is 11.5 Å². The molecule has 29 heavy (non-hydrogen) atoms. The molecule has 5 nitrogen and oxygen atoms in total. The zero-order valence-corrected chi connectivity index (χ0v) is 17.7. The first-order valence-corrected chi connectivity index (χ1v) is 10.7. The molecule has 3 aliphatic rings. The van der Waals surface area contributed by atoms with Gasteiger partial charge in [-0.05, 0) is 69.9 Å². The van der Waals surface area contributed by atoms with Crippen LogP contribution < -0.4 is 11.1 Å². The first-order valence-electron chi connectivity index (χ1n) is 10.7. The lowest BCUT2D eigenvalue weighted by Crippen LogP contribution is -2.30. The summed E-state index contributed by atoms with van der Waals surface area (Å²) in [6, 6.07) is 0.585. The molecule has 0 atom stereocenters. The van der Waals surface area contributed by atoms with Crippen LogP contribution in [-0.4, -0.2) is 41.5 Å². The molecular weight excluding hydrogens is 360 g/mol. The lowest BCUT2D eigenvalue weighted by Gasteiger charge is -2.24. The predicted octanol–water partition coefficient (Wildman–Crippen LogP) is 4.09. The van der Waals surface area contributed by atoms with Crippen LogP contribution in [0.15, 0.2) is 64.0 Å². The number of aliphatic hydroxyl groups is 1. The van der Waals surface area contributed by atoms with Crippen LogP contribution >= 0.6 is 0 Å². The van der Waals surface area contributed by atoms with Crippen molar-refractivity contribution in [2.24, 2.45) is 16.6 Å². The molecule has 4 N–H and O–H groups in total. The number of allylic oxidation sites excluding steroid dienone is 4. The van der Waals surface area contributed by atoms with Crippen molar-refractivity contribution in [1.29, 1.82) is 0 Å². The summed E-state index contributed by atoms with van der Waals surface area (Å²) >= 11 is 0. The number of nitrogens with one attached hydrogen (secondary N) is 1. The number of amidine groups is 1. The fraction of sp³-hybridized carbons (Fsp3) is 0.542. The summed E-state index contributed by atoms with van der Waals surface area (Å²) < 4.78 is 0. The predicted molar refractivity (Wildman–Crippen MR) is 119 cm³/mol. The molecule has 0 unspecified atom stereocenters. The van der Waals surface area contributed by atoms with Gasteiger partial charge in [0.15, 0.2) is 5.88 Å². The molecule has 1 heterocycles. The van der Waals surface area contributed by atoms with Gasteiger partial charge in [0.05, 0.1) is 6.04 Å². The molecule has 0 saturated heterocycles. The van der Waals surface area contributed by atoms with Gasteiger partial charge in [-0.2, -0.15) is 0 Å². The summed E-state index contributed by atoms with van der Waals surface area (Å²) in [7, 11) is 2.10. The van der Waals surface area contributed by atoms with Gasteiger partial charge < -0.3 is 21.1 Å². The van der Waals surface area contributed by atoms with Crippen LogP contribution in [0.25, 0.3) is 0 Å². The summed E-state index contributed by atoms with van der Waals surface area (Å²) in [5.41, 5.74) is 15.2. The molecule has 0 aromatic carbocycles. The second kappa shape index (κ2) is 9.84. The van der Waals surface area contributed by atoms with E-state index in [1.165, 1.54) is 18.5 Å². The van der Waals surface area contributed by atoms with Crippen LogP contribution in [0, 0.1) is 5.92 Å². The molecule has 0 spiro atoms. The molecule has 156 valence electrons. The molecule has 2 saturated carbocycles. The first kappa shape index (κ1) is 21.3. The normalized spacial score (nSPS) is 25.7. The SMILES string of the molecule is C=C=C(/C=C(/O)NC(C)=NC1CCC(N)CC1)C1=C(CC2CC2)N(C)CC=C=C1. The fourth-order valence-electron chi connectivity index (χ4n) is 3.94. The molecule has 3 rings (SSSR count). The van der Waals surface area contributed by atoms with E-state index in [2.05, 4.69) is 35.3 Å². The van der Waals surface area contributed by atoms with Crippen molar-refractivity contribution < 1.29 is 5.11 Å². The van der Waals surface area contributed by atoms with Gasteiger partial charge in [-0.25, -0.2) is 0 Å². The summed E-state index contributed by atoms with van der Waals surface area (Å²) in [5, 5.41) is 13.5. The monoisotopic (exact) mass is 394 g/mol. The molecule has 0 bridgehead atoms. The standard InChI is InChI=1S/C24H34N4O/c1-4-19(22-7-5-6-14-28(3)23(22)15-18-8-9-18)16-24(29)27-17(2)26-21-12-10-20(25)11-13-21/h6-7,16,18,20-21,29H,1,8-15,25H2,2-3H3,(H,26,27)/b24-16+. The van der Waals surface area contributed by atoms with Crippen molar-refractivity contribution in [2.75, 3.05) is 13.6 Å². The van der Waals surface area contributed by atoms with E-state index in [1.54, 1.807) is 6.08 Å². The number of hydrogen-bond donors (Lipinski definition) is 3. The third kappa shape index (κ3) is 6.27. The van der Waals surface area contributed by atoms with E-state index in [0.717, 1.165) is 55.7 Å². The molecule has 0 aromatic rings. The Bertz CT molecular complexity index is 810. The third-order valence-electron chi connectivity index (χ3n) is 5.85. The maximum atomic E-state index is 10.5. The van der Waals surface area contributed by atoms with Gasteiger partial charge in [0.2, 0.25) is 0 Å². The number of nitrogens with two attached hydrogens (primary N) is 1. The third-order valence-corrected chi connectivity index (χ3v) is 5.85. The Balaban J connectivity index is 1.75. The molecule has 2 fully saturated rings. The van der Waals surface area contributed by atoms with Crippen molar-refractivity contribution in [3.05, 3.63) is 59.0 Å². The zero-order valence-electron chi connectivity index (χ0n) is 17.7. The maximum absolute atomic E-state index is 10.5. The molecular formula is C24H34N4O. The van der Waals surface area contributed by atoms with Crippen LogP contribution in [0.5, 0.6) is 0 Å². The Labute approximate surface area is 174 Å². The first-order chi connectivity index (χ1) is 14.0. The smallest absolute Gasteiger partial charge is 0.190 e. The highest BCUT2D eigenvalue weighted by atomic mass is 16.3. The summed E-state index contributed by atoms with van der Waals surface area (Å²) in [6.07, 6.45) is 13.3. The van der Waals surface area contributed by atoms with Gasteiger partial charge >= 0.3 is 0 Å². The summed E-state index contributed by atoms with van der Waals surface area (Å²) in [5.74, 6) is 1.52. The maximum Gasteiger partial charge on any atom is 0.190 e. The Morgan fingerprint density at radius 2 is 2.10 bits per heavy atom. The topological polar surface area (TPSA) is 73.9 Å². The van der Waals surface area contributed by atoms with Crippen LogP contribution in [0.1, 0.15) is 51.9 Å². The highest BCUT2D eigenvalue weighted by molar-refractivity contribution is 5.81. The van der Waals surface area contributed by atoms with Crippen molar-refractivity contribution in [3.63, 3.8) is 0 Å². The van der Waals surface area contributed by atoms with Gasteiger partial charge in [0.25, 0.3) is 0 Å². The van der Waals surface area contributed by atoms with E-state index >= 15 is 0 Å². The zero-order chi connectivity index (χ0) is 20.8. The van der Waals surface area contributed by atoms with Gasteiger partial charge in [-0.1, -0.05) is 6.58 Å². The Morgan fingerprint density at radius 1 is 1.38 bits per heavy atom. The van der Waals surface area contributed by atoms with E-state index in [-0.39, 0.29) is 11.9 Å². The molecule has 5 heteroatoms. The number of rotatable bonds is 6. The molecule has 1 aliphatic heterocycles. The number of aliphatic hydroxyl groups excluding tert-OH is 1. The van der Waals surface area contributed by atoms with Crippen molar-refractivity contribution in [2.45, 2.75) is 64.0 Å². The highest BCUT2D eigenvalue weighted by Gasteiger charge is 2.26. The molecule has 2 aliphatic carbocycles. The fourth-order valence-corrected chi connectivity index (χ4v) is 3.94. The summed E-state index contributed by atoms with van der Waals surface area (Å²) in [4.78, 5) is 6.95. The van der Waals surface area contributed by atoms with Crippen molar-refractivity contribution in [1.82, 2.24) is 10.2 Å². The average molecular weight is 395 g/mol. The van der Waals surface area contributed by atoms with Gasteiger partial charge in [-0.3, -0.25) is 4.99 Å². The quantitative estimate of drug-likeness (QED) is 0.209. The minimum atomic E-state index is 0.0486. The van der Waals surface area contributed by atoms with Gasteiger partial charge in [0, 0.05) is 42.6 Å². The van der Waals surface area contributed by atoms with E-state index in [9.17, 15) is 5.11 Å². The lowest BCUT2D eigenvalue weighted by molar-refractivity contribution is 0.381. The minimum absolute atomic E-state index is 0.0486. The Morgan fingerprint density at radius 3 is 2.76 bits per heavy atom. The Hall–Kier alpha value is -2.45. The van der Waals surface area contributed by atoms with Crippen LogP contribution in [0.2, 0.25) is 0 Å². The highest BCUT2D eigenvalue weighted by Crippen LogP contribution is 2.38. The minimum Gasteiger partial charge on any atom is -0.495 e. The van der Waals surface area contributed by atoms with Crippen LogP contribution in [-0.2, 0) is 0 Å². The second-order valence-corrected chi connectivity index (χ2v) is 8.43. The van der Waals surface area contributed by atoms with Crippen molar-refractivity contribution in [3.8, 4) is 0 Å². The lowest BCUT2D eigenvalue weighted by atomic mass is 9.92. The number of likely N-dealkylation sites (N-methyl/N-ethyl adjacent to an activating group) is 1. The van der Waals surface area contributed by atoms with E-state index < -0.39 is 0 Å². The number of nitrogens with zero attached hydrogens (tertiary/aromatic N) is 2. The van der Waals surface area contributed by atoms with Crippen LogP contribution in [0.4, 0.5) is 0 Å². The second-order valence-electron chi connectivity index (χ2n) is 8.43. The molecule has 0 aromatic heterocycles. The number of aliphatic imine (C=N–C) groups is 1. The average Bonchev–Trinajstić information content (AvgIpc) is 3.52. The van der Waals surface area contributed by atoms with Gasteiger partial charge in [0.1, 0.15) is 5.84 Å². The molecule has 0 amide bonds. The summed E-state index contributed by atoms with van der Waals surface area (Å²) in [6.45, 7) is 6.57. The number of hydrogen-bond acceptors (Lipinski definition) is 4. The molecule has 0 radical (unpaired) electrons. The Kier molecular flexibility index (Phi) is 7.22. The van der Waals surface area contributed by atoms with Crippen LogP contribution in [0.3, 0.4) is 0 Å². The van der Waals surface area contributed by atoms with E-state index in [0.29, 0.717) is 11.9 Å². The largest absolute Gasteiger partial charge is 0.495 e. The van der Waals surface area contributed by atoms with E-state index in [1.807, 2.05) is 19.1 Å².